The summed E-state index contributed by atoms with van der Waals surface area (Å²) in [7, 11) is 0. The fourth-order valence-electron chi connectivity index (χ4n) is 2.69. The normalized spacial score (nSPS) is 15.5. The van der Waals surface area contributed by atoms with Crippen LogP contribution in [0.25, 0.3) is 0 Å². The summed E-state index contributed by atoms with van der Waals surface area (Å²) in [6.07, 6.45) is 8.38. The summed E-state index contributed by atoms with van der Waals surface area (Å²) in [6.45, 7) is 3.68. The third-order valence-electron chi connectivity index (χ3n) is 3.97. The highest BCUT2D eigenvalue weighted by atomic mass is 16.5. The van der Waals surface area contributed by atoms with Gasteiger partial charge < -0.3 is 9.47 Å². The summed E-state index contributed by atoms with van der Waals surface area (Å²) in [6, 6.07) is 6.34. The van der Waals surface area contributed by atoms with Gasteiger partial charge in [-0.3, -0.25) is 11.3 Å². The molecule has 0 saturated carbocycles. The van der Waals surface area contributed by atoms with Gasteiger partial charge in [0.2, 0.25) is 0 Å². The molecule has 0 radical (unpaired) electrons. The van der Waals surface area contributed by atoms with Crippen LogP contribution in [0.15, 0.2) is 18.2 Å². The third kappa shape index (κ3) is 4.90. The van der Waals surface area contributed by atoms with Gasteiger partial charge in [0.15, 0.2) is 11.5 Å². The molecule has 1 aliphatic rings. The van der Waals surface area contributed by atoms with Crippen LogP contribution in [0, 0.1) is 0 Å². The second-order valence-electron chi connectivity index (χ2n) is 5.68. The minimum absolute atomic E-state index is 0.184. The van der Waals surface area contributed by atoms with Gasteiger partial charge in [0.1, 0.15) is 0 Å². The molecule has 1 atom stereocenters. The van der Waals surface area contributed by atoms with E-state index in [1.54, 1.807) is 0 Å². The second kappa shape index (κ2) is 8.90. The summed E-state index contributed by atoms with van der Waals surface area (Å²) in [5.41, 5.74) is 4.11. The number of ether oxygens (including phenoxy) is 2. The number of hydrazine groups is 1. The Morgan fingerprint density at radius 1 is 1.10 bits per heavy atom. The predicted molar refractivity (Wildman–Crippen MR) is 85.5 cm³/mol. The van der Waals surface area contributed by atoms with Crippen molar-refractivity contribution in [1.29, 1.82) is 0 Å². The Hall–Kier alpha value is -1.26. The molecule has 1 unspecified atom stereocenters. The van der Waals surface area contributed by atoms with Crippen LogP contribution in [0.1, 0.15) is 63.5 Å². The maximum absolute atomic E-state index is 5.75. The van der Waals surface area contributed by atoms with E-state index in [2.05, 4.69) is 24.5 Å². The standard InChI is InChI=1S/C17H28N2O2/c1-2-3-4-5-6-8-15(19-18)14-9-10-16-17(13-14)21-12-7-11-20-16/h9-10,13,15,19H,2-8,11-12,18H2,1H3. The maximum Gasteiger partial charge on any atom is 0.161 e. The molecule has 0 spiro atoms. The molecule has 0 aliphatic carbocycles. The SMILES string of the molecule is CCCCCCCC(NN)c1ccc2c(c1)OCCCO2. The van der Waals surface area contributed by atoms with Crippen LogP contribution < -0.4 is 20.7 Å². The smallest absolute Gasteiger partial charge is 0.161 e. The van der Waals surface area contributed by atoms with Gasteiger partial charge in [-0.2, -0.15) is 0 Å². The number of rotatable bonds is 8. The van der Waals surface area contributed by atoms with Crippen molar-refractivity contribution in [3.63, 3.8) is 0 Å². The molecular formula is C17H28N2O2. The molecular weight excluding hydrogens is 264 g/mol. The van der Waals surface area contributed by atoms with Crippen LogP contribution in [0.2, 0.25) is 0 Å². The summed E-state index contributed by atoms with van der Waals surface area (Å²) >= 11 is 0. The molecule has 0 bridgehead atoms. The zero-order valence-electron chi connectivity index (χ0n) is 13.1. The first-order chi connectivity index (χ1) is 10.3. The van der Waals surface area contributed by atoms with Gasteiger partial charge in [-0.15, -0.1) is 0 Å². The van der Waals surface area contributed by atoms with Crippen LogP contribution in [-0.4, -0.2) is 13.2 Å². The van der Waals surface area contributed by atoms with Crippen molar-refractivity contribution in [2.24, 2.45) is 5.84 Å². The molecule has 0 amide bonds. The average Bonchev–Trinajstić information content (AvgIpc) is 2.75. The number of benzene rings is 1. The van der Waals surface area contributed by atoms with Gasteiger partial charge in [-0.25, -0.2) is 0 Å². The van der Waals surface area contributed by atoms with Gasteiger partial charge in [-0.05, 0) is 24.1 Å². The van der Waals surface area contributed by atoms with Crippen molar-refractivity contribution in [3.05, 3.63) is 23.8 Å². The molecule has 0 aromatic heterocycles. The Kier molecular flexibility index (Phi) is 6.83. The quantitative estimate of drug-likeness (QED) is 0.435. The van der Waals surface area contributed by atoms with Gasteiger partial charge in [0.25, 0.3) is 0 Å². The fraction of sp³-hybridized carbons (Fsp3) is 0.647. The van der Waals surface area contributed by atoms with E-state index in [0.29, 0.717) is 6.61 Å². The maximum atomic E-state index is 5.75. The van der Waals surface area contributed by atoms with Gasteiger partial charge in [0.05, 0.1) is 13.2 Å². The Balaban J connectivity index is 1.93. The van der Waals surface area contributed by atoms with Crippen molar-refractivity contribution in [2.75, 3.05) is 13.2 Å². The molecule has 4 heteroatoms. The second-order valence-corrected chi connectivity index (χ2v) is 5.68. The van der Waals surface area contributed by atoms with Gasteiger partial charge >= 0.3 is 0 Å². The van der Waals surface area contributed by atoms with Crippen molar-refractivity contribution in [3.8, 4) is 11.5 Å². The van der Waals surface area contributed by atoms with E-state index in [9.17, 15) is 0 Å². The van der Waals surface area contributed by atoms with Crippen LogP contribution >= 0.6 is 0 Å². The van der Waals surface area contributed by atoms with E-state index in [4.69, 9.17) is 15.3 Å². The lowest BCUT2D eigenvalue weighted by Crippen LogP contribution is -2.28. The van der Waals surface area contributed by atoms with E-state index in [-0.39, 0.29) is 6.04 Å². The van der Waals surface area contributed by atoms with Crippen molar-refractivity contribution in [2.45, 2.75) is 57.9 Å². The first-order valence-corrected chi connectivity index (χ1v) is 8.21. The number of fused-ring (bicyclic) bond motifs is 1. The first-order valence-electron chi connectivity index (χ1n) is 8.21. The first kappa shape index (κ1) is 16.1. The zero-order valence-corrected chi connectivity index (χ0v) is 13.1. The fourth-order valence-corrected chi connectivity index (χ4v) is 2.69. The predicted octanol–water partition coefficient (Wildman–Crippen LogP) is 3.71. The zero-order chi connectivity index (χ0) is 14.9. The third-order valence-corrected chi connectivity index (χ3v) is 3.97. The molecule has 0 saturated heterocycles. The monoisotopic (exact) mass is 292 g/mol. The van der Waals surface area contributed by atoms with Crippen molar-refractivity contribution < 1.29 is 9.47 Å². The van der Waals surface area contributed by atoms with Crippen LogP contribution in [0.3, 0.4) is 0 Å². The van der Waals surface area contributed by atoms with Crippen LogP contribution in [-0.2, 0) is 0 Å². The minimum Gasteiger partial charge on any atom is -0.490 e. The molecule has 3 N–H and O–H groups in total. The average molecular weight is 292 g/mol. The van der Waals surface area contributed by atoms with Crippen molar-refractivity contribution >= 4 is 0 Å². The number of nitrogens with two attached hydrogens (primary N) is 1. The minimum atomic E-state index is 0.184. The summed E-state index contributed by atoms with van der Waals surface area (Å²) in [5, 5.41) is 0. The molecule has 21 heavy (non-hydrogen) atoms. The lowest BCUT2D eigenvalue weighted by atomic mass is 10.00. The van der Waals surface area contributed by atoms with E-state index in [0.717, 1.165) is 30.9 Å². The molecule has 1 aromatic rings. The van der Waals surface area contributed by atoms with Crippen molar-refractivity contribution in [1.82, 2.24) is 5.43 Å². The Morgan fingerprint density at radius 3 is 2.62 bits per heavy atom. The molecule has 1 heterocycles. The summed E-state index contributed by atoms with van der Waals surface area (Å²) in [4.78, 5) is 0. The number of unbranched alkanes of at least 4 members (excludes halogenated alkanes) is 4. The van der Waals surface area contributed by atoms with E-state index in [1.165, 1.54) is 37.7 Å². The van der Waals surface area contributed by atoms with Gasteiger partial charge in [0, 0.05) is 12.5 Å². The Bertz CT molecular complexity index is 423. The highest BCUT2D eigenvalue weighted by molar-refractivity contribution is 5.44. The molecule has 1 aromatic carbocycles. The highest BCUT2D eigenvalue weighted by Crippen LogP contribution is 2.33. The lowest BCUT2D eigenvalue weighted by molar-refractivity contribution is 0.297. The topological polar surface area (TPSA) is 56.5 Å². The number of hydrogen-bond donors (Lipinski definition) is 2. The summed E-state index contributed by atoms with van der Waals surface area (Å²) in [5.74, 6) is 7.42. The summed E-state index contributed by atoms with van der Waals surface area (Å²) < 4.78 is 11.4. The Labute approximate surface area is 128 Å². The lowest BCUT2D eigenvalue weighted by Gasteiger charge is -2.18. The van der Waals surface area contributed by atoms with Crippen LogP contribution in [0.4, 0.5) is 0 Å². The molecule has 0 fully saturated rings. The van der Waals surface area contributed by atoms with Crippen LogP contribution in [0.5, 0.6) is 11.5 Å². The van der Waals surface area contributed by atoms with E-state index >= 15 is 0 Å². The van der Waals surface area contributed by atoms with Gasteiger partial charge in [-0.1, -0.05) is 45.1 Å². The van der Waals surface area contributed by atoms with E-state index in [1.807, 2.05) is 6.07 Å². The molecule has 2 rings (SSSR count). The Morgan fingerprint density at radius 2 is 1.86 bits per heavy atom. The molecule has 4 nitrogen and oxygen atoms in total. The molecule has 1 aliphatic heterocycles. The van der Waals surface area contributed by atoms with E-state index < -0.39 is 0 Å². The number of nitrogens with one attached hydrogen (secondary N) is 1. The number of hydrogen-bond acceptors (Lipinski definition) is 4. The largest absolute Gasteiger partial charge is 0.490 e. The highest BCUT2D eigenvalue weighted by Gasteiger charge is 2.15. The molecule has 118 valence electrons.